The summed E-state index contributed by atoms with van der Waals surface area (Å²) >= 11 is 2.70. The highest BCUT2D eigenvalue weighted by atomic mass is 32.2. The number of aromatic nitrogens is 2. The number of rotatable bonds is 6. The number of amides is 1. The number of nitriles is 1. The predicted octanol–water partition coefficient (Wildman–Crippen LogP) is 4.50. The summed E-state index contributed by atoms with van der Waals surface area (Å²) in [7, 11) is 0. The number of aryl methyl sites for hydroxylation is 2. The molecule has 2 N–H and O–H groups in total. The molecule has 0 saturated heterocycles. The molecule has 6 nitrogen and oxygen atoms in total. The number of carbonyl (C=O) groups excluding carboxylic acids is 1. The Balaban J connectivity index is 1.56. The second-order valence-electron chi connectivity index (χ2n) is 5.81. The lowest BCUT2D eigenvalue weighted by molar-refractivity contribution is -0.113. The highest BCUT2D eigenvalue weighted by Gasteiger charge is 2.11. The fourth-order valence-electron chi connectivity index (χ4n) is 2.39. The number of carbonyl (C=O) groups is 1. The second kappa shape index (κ2) is 8.66. The van der Waals surface area contributed by atoms with E-state index in [-0.39, 0.29) is 11.7 Å². The second-order valence-corrected chi connectivity index (χ2v) is 8.01. The summed E-state index contributed by atoms with van der Waals surface area (Å²) in [5, 5.41) is 24.0. The van der Waals surface area contributed by atoms with E-state index in [0.29, 0.717) is 20.7 Å². The van der Waals surface area contributed by atoms with Crippen LogP contribution in [0.5, 0.6) is 0 Å². The molecule has 1 heterocycles. The summed E-state index contributed by atoms with van der Waals surface area (Å²) in [6.45, 7) is 4.09. The van der Waals surface area contributed by atoms with Gasteiger partial charge in [0.05, 0.1) is 17.0 Å². The standard InChI is InChI=1S/C19H17N5OS2/c1-12-7-8-15(13(2)9-12)22-18-23-24-19(27-18)26-11-17(25)21-16-6-4-3-5-14(16)10-20/h3-9H,11H2,1-2H3,(H,21,25)(H,22,23). The number of hydrogen-bond acceptors (Lipinski definition) is 7. The molecule has 0 saturated carbocycles. The van der Waals surface area contributed by atoms with Gasteiger partial charge in [0, 0.05) is 5.69 Å². The van der Waals surface area contributed by atoms with Crippen LogP contribution in [0.25, 0.3) is 0 Å². The van der Waals surface area contributed by atoms with E-state index in [1.165, 1.54) is 28.7 Å². The molecule has 0 bridgehead atoms. The Labute approximate surface area is 165 Å². The first kappa shape index (κ1) is 18.9. The quantitative estimate of drug-likeness (QED) is 0.597. The maximum atomic E-state index is 12.1. The van der Waals surface area contributed by atoms with Gasteiger partial charge in [-0.3, -0.25) is 4.79 Å². The third-order valence-electron chi connectivity index (χ3n) is 3.68. The minimum Gasteiger partial charge on any atom is -0.330 e. The van der Waals surface area contributed by atoms with Crippen LogP contribution in [-0.4, -0.2) is 21.9 Å². The first-order valence-electron chi connectivity index (χ1n) is 8.14. The van der Waals surface area contributed by atoms with Crippen molar-refractivity contribution in [3.8, 4) is 6.07 Å². The van der Waals surface area contributed by atoms with E-state index in [1.807, 2.05) is 19.1 Å². The van der Waals surface area contributed by atoms with Crippen LogP contribution in [0.2, 0.25) is 0 Å². The minimum absolute atomic E-state index is 0.192. The molecule has 136 valence electrons. The molecule has 8 heteroatoms. The fourth-order valence-corrected chi connectivity index (χ4v) is 3.96. The zero-order valence-corrected chi connectivity index (χ0v) is 16.4. The lowest BCUT2D eigenvalue weighted by Gasteiger charge is -2.06. The zero-order valence-electron chi connectivity index (χ0n) is 14.8. The smallest absolute Gasteiger partial charge is 0.234 e. The van der Waals surface area contributed by atoms with Crippen LogP contribution < -0.4 is 10.6 Å². The van der Waals surface area contributed by atoms with Gasteiger partial charge in [0.1, 0.15) is 6.07 Å². The maximum absolute atomic E-state index is 12.1. The Hall–Kier alpha value is -2.89. The van der Waals surface area contributed by atoms with Crippen molar-refractivity contribution in [3.05, 3.63) is 59.2 Å². The third-order valence-corrected chi connectivity index (χ3v) is 5.65. The fraction of sp³-hybridized carbons (Fsp3) is 0.158. The average Bonchev–Trinajstić information content (AvgIpc) is 3.10. The molecule has 0 radical (unpaired) electrons. The summed E-state index contributed by atoms with van der Waals surface area (Å²) in [5.74, 6) is -0.000372. The zero-order chi connectivity index (χ0) is 19.2. The monoisotopic (exact) mass is 395 g/mol. The van der Waals surface area contributed by atoms with Crippen molar-refractivity contribution < 1.29 is 4.79 Å². The van der Waals surface area contributed by atoms with Crippen LogP contribution in [0, 0.1) is 25.2 Å². The van der Waals surface area contributed by atoms with Crippen molar-refractivity contribution >= 4 is 45.5 Å². The number of nitrogens with zero attached hydrogens (tertiary/aromatic N) is 3. The van der Waals surface area contributed by atoms with Crippen LogP contribution >= 0.6 is 23.1 Å². The van der Waals surface area contributed by atoms with Crippen molar-refractivity contribution in [2.24, 2.45) is 0 Å². The van der Waals surface area contributed by atoms with Gasteiger partial charge < -0.3 is 10.6 Å². The Morgan fingerprint density at radius 1 is 1.19 bits per heavy atom. The molecular formula is C19H17N5OS2. The Morgan fingerprint density at radius 2 is 2.00 bits per heavy atom. The van der Waals surface area contributed by atoms with Crippen LogP contribution in [-0.2, 0) is 4.79 Å². The predicted molar refractivity (Wildman–Crippen MR) is 110 cm³/mol. The topological polar surface area (TPSA) is 90.7 Å². The third kappa shape index (κ3) is 5.06. The van der Waals surface area contributed by atoms with Gasteiger partial charge >= 0.3 is 0 Å². The summed E-state index contributed by atoms with van der Waals surface area (Å²) in [4.78, 5) is 12.1. The first-order valence-corrected chi connectivity index (χ1v) is 9.95. The van der Waals surface area contributed by atoms with Gasteiger partial charge in [-0.2, -0.15) is 5.26 Å². The van der Waals surface area contributed by atoms with Crippen LogP contribution in [0.15, 0.2) is 46.8 Å². The van der Waals surface area contributed by atoms with Crippen molar-refractivity contribution in [1.82, 2.24) is 10.2 Å². The number of hydrogen-bond donors (Lipinski definition) is 2. The summed E-state index contributed by atoms with van der Waals surface area (Å²) in [6, 6.07) is 15.1. The highest BCUT2D eigenvalue weighted by Crippen LogP contribution is 2.29. The van der Waals surface area contributed by atoms with Gasteiger partial charge in [0.2, 0.25) is 11.0 Å². The average molecular weight is 396 g/mol. The van der Waals surface area contributed by atoms with E-state index in [1.54, 1.807) is 24.3 Å². The van der Waals surface area contributed by atoms with Crippen LogP contribution in [0.1, 0.15) is 16.7 Å². The molecule has 1 amide bonds. The van der Waals surface area contributed by atoms with Crippen molar-refractivity contribution in [2.75, 3.05) is 16.4 Å². The van der Waals surface area contributed by atoms with Crippen molar-refractivity contribution in [3.63, 3.8) is 0 Å². The van der Waals surface area contributed by atoms with Gasteiger partial charge in [-0.05, 0) is 37.6 Å². The Morgan fingerprint density at radius 3 is 2.78 bits per heavy atom. The van der Waals surface area contributed by atoms with E-state index >= 15 is 0 Å². The number of para-hydroxylation sites is 1. The molecule has 2 aromatic carbocycles. The molecule has 0 fully saturated rings. The van der Waals surface area contributed by atoms with Gasteiger partial charge in [0.15, 0.2) is 4.34 Å². The molecular weight excluding hydrogens is 378 g/mol. The van der Waals surface area contributed by atoms with E-state index < -0.39 is 0 Å². The van der Waals surface area contributed by atoms with Crippen LogP contribution in [0.4, 0.5) is 16.5 Å². The number of nitrogens with one attached hydrogen (secondary N) is 2. The van der Waals surface area contributed by atoms with E-state index in [9.17, 15) is 4.79 Å². The molecule has 1 aromatic heterocycles. The van der Waals surface area contributed by atoms with Gasteiger partial charge in [-0.15, -0.1) is 10.2 Å². The lowest BCUT2D eigenvalue weighted by atomic mass is 10.1. The van der Waals surface area contributed by atoms with E-state index in [2.05, 4.69) is 39.9 Å². The number of anilines is 3. The molecule has 0 aliphatic carbocycles. The van der Waals surface area contributed by atoms with Gasteiger partial charge in [0.25, 0.3) is 0 Å². The summed E-state index contributed by atoms with van der Waals surface area (Å²) < 4.78 is 0.700. The SMILES string of the molecule is Cc1ccc(Nc2nnc(SCC(=O)Nc3ccccc3C#N)s2)c(C)c1. The molecule has 0 atom stereocenters. The van der Waals surface area contributed by atoms with Gasteiger partial charge in [-0.25, -0.2) is 0 Å². The molecule has 0 aliphatic rings. The van der Waals surface area contributed by atoms with E-state index in [4.69, 9.17) is 5.26 Å². The van der Waals surface area contributed by atoms with Gasteiger partial charge in [-0.1, -0.05) is 52.9 Å². The first-order chi connectivity index (χ1) is 13.0. The molecule has 3 aromatic rings. The largest absolute Gasteiger partial charge is 0.330 e. The molecule has 0 unspecified atom stereocenters. The molecule has 0 spiro atoms. The number of benzene rings is 2. The lowest BCUT2D eigenvalue weighted by Crippen LogP contribution is -2.14. The van der Waals surface area contributed by atoms with Crippen molar-refractivity contribution in [1.29, 1.82) is 5.26 Å². The normalized spacial score (nSPS) is 10.3. The molecule has 0 aliphatic heterocycles. The van der Waals surface area contributed by atoms with E-state index in [0.717, 1.165) is 11.3 Å². The Bertz CT molecular complexity index is 1010. The molecule has 3 rings (SSSR count). The highest BCUT2D eigenvalue weighted by molar-refractivity contribution is 8.01. The van der Waals surface area contributed by atoms with Crippen molar-refractivity contribution in [2.45, 2.75) is 18.2 Å². The minimum atomic E-state index is -0.193. The summed E-state index contributed by atoms with van der Waals surface area (Å²) in [5.41, 5.74) is 4.27. The Kier molecular flexibility index (Phi) is 6.06. The molecule has 27 heavy (non-hydrogen) atoms. The van der Waals surface area contributed by atoms with Crippen LogP contribution in [0.3, 0.4) is 0 Å². The maximum Gasteiger partial charge on any atom is 0.234 e. The number of thioether (sulfide) groups is 1. The summed E-state index contributed by atoms with van der Waals surface area (Å²) in [6.07, 6.45) is 0.